The van der Waals surface area contributed by atoms with Crippen molar-refractivity contribution in [3.8, 4) is 10.7 Å². The SMILES string of the molecule is CCN(c1nc2ccccc2n2c(-c3cccs3)nnc12)S(=O)(=O)c1ccccc1. The third-order valence-corrected chi connectivity index (χ3v) is 7.55. The second-order valence-corrected chi connectivity index (χ2v) is 9.38. The van der Waals surface area contributed by atoms with Crippen LogP contribution >= 0.6 is 11.3 Å². The molecule has 9 heteroatoms. The Balaban J connectivity index is 1.82. The van der Waals surface area contributed by atoms with E-state index in [0.29, 0.717) is 17.0 Å². The molecule has 0 aliphatic heterocycles. The van der Waals surface area contributed by atoms with Crippen LogP contribution < -0.4 is 4.31 Å². The Labute approximate surface area is 177 Å². The van der Waals surface area contributed by atoms with Crippen molar-refractivity contribution in [2.75, 3.05) is 10.8 Å². The molecule has 0 saturated heterocycles. The maximum Gasteiger partial charge on any atom is 0.265 e. The van der Waals surface area contributed by atoms with Gasteiger partial charge < -0.3 is 0 Å². The van der Waals surface area contributed by atoms with Crippen molar-refractivity contribution in [2.45, 2.75) is 11.8 Å². The fourth-order valence-corrected chi connectivity index (χ4v) is 5.60. The molecule has 0 fully saturated rings. The van der Waals surface area contributed by atoms with Crippen molar-refractivity contribution in [3.63, 3.8) is 0 Å². The van der Waals surface area contributed by atoms with E-state index in [1.54, 1.807) is 48.6 Å². The molecule has 5 rings (SSSR count). The van der Waals surface area contributed by atoms with Crippen molar-refractivity contribution in [2.24, 2.45) is 0 Å². The van der Waals surface area contributed by atoms with E-state index in [9.17, 15) is 8.42 Å². The Hall–Kier alpha value is -3.30. The molecule has 0 amide bonds. The average Bonchev–Trinajstić information content (AvgIpc) is 3.45. The number of thiophene rings is 1. The number of nitrogens with zero attached hydrogens (tertiary/aromatic N) is 5. The zero-order chi connectivity index (χ0) is 20.7. The third kappa shape index (κ3) is 2.86. The molecule has 0 unspecified atom stereocenters. The molecule has 2 aromatic carbocycles. The number of hydrogen-bond acceptors (Lipinski definition) is 6. The van der Waals surface area contributed by atoms with Gasteiger partial charge in [-0.1, -0.05) is 36.4 Å². The quantitative estimate of drug-likeness (QED) is 0.413. The van der Waals surface area contributed by atoms with Crippen LogP contribution in [-0.4, -0.2) is 34.5 Å². The Morgan fingerprint density at radius 1 is 0.967 bits per heavy atom. The molecule has 7 nitrogen and oxygen atoms in total. The third-order valence-electron chi connectivity index (χ3n) is 4.81. The average molecular weight is 436 g/mol. The van der Waals surface area contributed by atoms with Gasteiger partial charge in [0, 0.05) is 6.54 Å². The minimum absolute atomic E-state index is 0.206. The lowest BCUT2D eigenvalue weighted by atomic mass is 10.3. The first-order valence-electron chi connectivity index (χ1n) is 9.37. The van der Waals surface area contributed by atoms with Crippen LogP contribution in [0.25, 0.3) is 27.4 Å². The molecule has 0 bridgehead atoms. The highest BCUT2D eigenvalue weighted by molar-refractivity contribution is 7.92. The molecule has 5 aromatic rings. The van der Waals surface area contributed by atoms with Crippen molar-refractivity contribution >= 4 is 43.9 Å². The zero-order valence-electron chi connectivity index (χ0n) is 16.0. The monoisotopic (exact) mass is 435 g/mol. The summed E-state index contributed by atoms with van der Waals surface area (Å²) in [6.07, 6.45) is 0. The molecule has 0 aliphatic rings. The molecular formula is C21H17N5O2S2. The lowest BCUT2D eigenvalue weighted by Crippen LogP contribution is -2.32. The summed E-state index contributed by atoms with van der Waals surface area (Å²) < 4.78 is 30.0. The van der Waals surface area contributed by atoms with Crippen LogP contribution in [0.4, 0.5) is 5.82 Å². The van der Waals surface area contributed by atoms with Gasteiger partial charge >= 0.3 is 0 Å². The fourth-order valence-electron chi connectivity index (χ4n) is 3.46. The summed E-state index contributed by atoms with van der Waals surface area (Å²) in [6, 6.07) is 19.9. The van der Waals surface area contributed by atoms with Gasteiger partial charge in [-0.25, -0.2) is 17.7 Å². The number of rotatable bonds is 5. The molecule has 0 N–H and O–H groups in total. The smallest absolute Gasteiger partial charge is 0.265 e. The van der Waals surface area contributed by atoms with Gasteiger partial charge in [-0.2, -0.15) is 0 Å². The summed E-state index contributed by atoms with van der Waals surface area (Å²) in [4.78, 5) is 5.84. The summed E-state index contributed by atoms with van der Waals surface area (Å²) >= 11 is 1.55. The van der Waals surface area contributed by atoms with E-state index in [1.165, 1.54) is 4.31 Å². The summed E-state index contributed by atoms with van der Waals surface area (Å²) in [6.45, 7) is 1.99. The Morgan fingerprint density at radius 3 is 2.47 bits per heavy atom. The molecule has 0 radical (unpaired) electrons. The predicted molar refractivity (Wildman–Crippen MR) is 118 cm³/mol. The van der Waals surface area contributed by atoms with Crippen LogP contribution in [0.3, 0.4) is 0 Å². The lowest BCUT2D eigenvalue weighted by Gasteiger charge is -2.22. The maximum absolute atomic E-state index is 13.4. The van der Waals surface area contributed by atoms with Crippen LogP contribution in [0.15, 0.2) is 77.0 Å². The van der Waals surface area contributed by atoms with Gasteiger partial charge in [0.15, 0.2) is 11.6 Å². The minimum Gasteiger partial charge on any atom is -0.269 e. The molecule has 0 saturated carbocycles. The van der Waals surface area contributed by atoms with E-state index in [-0.39, 0.29) is 17.3 Å². The highest BCUT2D eigenvalue weighted by atomic mass is 32.2. The van der Waals surface area contributed by atoms with Crippen LogP contribution in [0.2, 0.25) is 0 Å². The number of benzene rings is 2. The lowest BCUT2D eigenvalue weighted by molar-refractivity contribution is 0.591. The van der Waals surface area contributed by atoms with Gasteiger partial charge in [-0.05, 0) is 42.6 Å². The Bertz CT molecular complexity index is 1450. The highest BCUT2D eigenvalue weighted by Crippen LogP contribution is 2.32. The van der Waals surface area contributed by atoms with Crippen molar-refractivity contribution in [1.82, 2.24) is 19.6 Å². The van der Waals surface area contributed by atoms with Gasteiger partial charge in [-0.15, -0.1) is 21.5 Å². The predicted octanol–water partition coefficient (Wildman–Crippen LogP) is 4.22. The minimum atomic E-state index is -3.82. The van der Waals surface area contributed by atoms with Gasteiger partial charge in [-0.3, -0.25) is 4.40 Å². The first kappa shape index (κ1) is 18.7. The number of sulfonamides is 1. The fraction of sp³-hybridized carbons (Fsp3) is 0.0952. The summed E-state index contributed by atoms with van der Waals surface area (Å²) in [7, 11) is -3.82. The van der Waals surface area contributed by atoms with E-state index in [0.717, 1.165) is 10.4 Å². The molecular weight excluding hydrogens is 418 g/mol. The van der Waals surface area contributed by atoms with Gasteiger partial charge in [0.25, 0.3) is 10.0 Å². The van der Waals surface area contributed by atoms with Crippen molar-refractivity contribution < 1.29 is 8.42 Å². The standard InChI is InChI=1S/C21H17N5O2S2/c1-2-25(30(27,28)15-9-4-3-5-10-15)20-21-24-23-19(18-13-8-14-29-18)26(21)17-12-7-6-11-16(17)22-20/h3-14H,2H2,1H3. The summed E-state index contributed by atoms with van der Waals surface area (Å²) in [5.41, 5.74) is 1.88. The molecule has 0 aliphatic carbocycles. The van der Waals surface area contributed by atoms with Crippen LogP contribution in [0, 0.1) is 0 Å². The van der Waals surface area contributed by atoms with E-state index < -0.39 is 10.0 Å². The normalized spacial score (nSPS) is 11.9. The zero-order valence-corrected chi connectivity index (χ0v) is 17.6. The van der Waals surface area contributed by atoms with Gasteiger partial charge in [0.1, 0.15) is 0 Å². The van der Waals surface area contributed by atoms with E-state index >= 15 is 0 Å². The highest BCUT2D eigenvalue weighted by Gasteiger charge is 2.29. The first-order chi connectivity index (χ1) is 14.6. The molecule has 30 heavy (non-hydrogen) atoms. The summed E-state index contributed by atoms with van der Waals surface area (Å²) in [5, 5.41) is 10.7. The molecule has 0 spiro atoms. The van der Waals surface area contributed by atoms with E-state index in [1.807, 2.05) is 46.2 Å². The van der Waals surface area contributed by atoms with Crippen LogP contribution in [0.5, 0.6) is 0 Å². The number of para-hydroxylation sites is 2. The van der Waals surface area contributed by atoms with E-state index in [2.05, 4.69) is 15.2 Å². The second kappa shape index (κ2) is 7.19. The van der Waals surface area contributed by atoms with Crippen LogP contribution in [-0.2, 0) is 10.0 Å². The van der Waals surface area contributed by atoms with Crippen LogP contribution in [0.1, 0.15) is 6.92 Å². The molecule has 3 heterocycles. The molecule has 3 aromatic heterocycles. The topological polar surface area (TPSA) is 80.5 Å². The molecule has 0 atom stereocenters. The van der Waals surface area contributed by atoms with E-state index in [4.69, 9.17) is 0 Å². The first-order valence-corrected chi connectivity index (χ1v) is 11.7. The number of aromatic nitrogens is 4. The number of fused-ring (bicyclic) bond motifs is 3. The molecule has 150 valence electrons. The second-order valence-electron chi connectivity index (χ2n) is 6.57. The van der Waals surface area contributed by atoms with Gasteiger partial charge in [0.05, 0.1) is 20.8 Å². The largest absolute Gasteiger partial charge is 0.269 e. The van der Waals surface area contributed by atoms with Crippen molar-refractivity contribution in [3.05, 3.63) is 72.1 Å². The maximum atomic E-state index is 13.4. The van der Waals surface area contributed by atoms with Crippen molar-refractivity contribution in [1.29, 1.82) is 0 Å². The van der Waals surface area contributed by atoms with Gasteiger partial charge in [0.2, 0.25) is 5.65 Å². The summed E-state index contributed by atoms with van der Waals surface area (Å²) in [5.74, 6) is 0.920. The number of anilines is 1. The Morgan fingerprint density at radius 2 is 1.73 bits per heavy atom. The number of hydrogen-bond donors (Lipinski definition) is 0. The Kier molecular flexibility index (Phi) is 4.48.